The molecule has 1 aliphatic heterocycles. The fourth-order valence-corrected chi connectivity index (χ4v) is 1.78. The molecule has 0 spiro atoms. The molecule has 0 saturated carbocycles. The summed E-state index contributed by atoms with van der Waals surface area (Å²) in [4.78, 5) is 3.10. The van der Waals surface area contributed by atoms with Crippen LogP contribution in [-0.4, -0.2) is 30.0 Å². The molecule has 0 saturated heterocycles. The van der Waals surface area contributed by atoms with E-state index in [1.54, 1.807) is 0 Å². The molecule has 3 heteroatoms. The Morgan fingerprint density at radius 1 is 1.50 bits per heavy atom. The van der Waals surface area contributed by atoms with E-state index in [-0.39, 0.29) is 5.41 Å². The Hall–Kier alpha value is -0.410. The van der Waals surface area contributed by atoms with Gasteiger partial charge in [0.25, 0.3) is 0 Å². The molecule has 1 heterocycles. The number of hydrogen-bond acceptors (Lipinski definition) is 2. The van der Waals surface area contributed by atoms with E-state index in [1.807, 2.05) is 6.20 Å². The molecule has 0 fully saturated rings. The lowest BCUT2D eigenvalue weighted by atomic mass is 9.82. The number of hydrogen-bond donors (Lipinski definition) is 1. The van der Waals surface area contributed by atoms with Crippen LogP contribution in [0.3, 0.4) is 0 Å². The zero-order chi connectivity index (χ0) is 9.35. The molecule has 0 bridgehead atoms. The maximum absolute atomic E-state index is 5.25. The van der Waals surface area contributed by atoms with Crippen LogP contribution >= 0.6 is 12.2 Å². The number of rotatable bonds is 1. The van der Waals surface area contributed by atoms with E-state index in [0.29, 0.717) is 6.04 Å². The molecule has 1 unspecified atom stereocenters. The summed E-state index contributed by atoms with van der Waals surface area (Å²) in [6.45, 7) is 4.33. The van der Waals surface area contributed by atoms with Crippen molar-refractivity contribution >= 4 is 17.2 Å². The van der Waals surface area contributed by atoms with Gasteiger partial charge in [0.15, 0.2) is 0 Å². The molecule has 0 aromatic rings. The fraction of sp³-hybridized carbons (Fsp3) is 0.667. The predicted octanol–water partition coefficient (Wildman–Crippen LogP) is 1.39. The van der Waals surface area contributed by atoms with Crippen molar-refractivity contribution in [2.75, 3.05) is 14.1 Å². The van der Waals surface area contributed by atoms with Gasteiger partial charge in [-0.15, -0.1) is 0 Å². The Morgan fingerprint density at radius 2 is 2.08 bits per heavy atom. The van der Waals surface area contributed by atoms with Crippen molar-refractivity contribution in [2.24, 2.45) is 5.41 Å². The van der Waals surface area contributed by atoms with Crippen molar-refractivity contribution < 1.29 is 0 Å². The Kier molecular flexibility index (Phi) is 2.54. The van der Waals surface area contributed by atoms with E-state index in [4.69, 9.17) is 12.2 Å². The summed E-state index contributed by atoms with van der Waals surface area (Å²) in [5.41, 5.74) is 0.0353. The SMILES string of the molecule is CN(C)C1C=CNC(=S)C1(C)C. The van der Waals surface area contributed by atoms with Crippen LogP contribution in [0.25, 0.3) is 0 Å². The third kappa shape index (κ3) is 1.52. The lowest BCUT2D eigenvalue weighted by Crippen LogP contribution is -2.50. The molecular formula is C9H16N2S. The third-order valence-electron chi connectivity index (χ3n) is 2.37. The van der Waals surface area contributed by atoms with E-state index in [1.165, 1.54) is 0 Å². The molecule has 1 atom stereocenters. The summed E-state index contributed by atoms with van der Waals surface area (Å²) < 4.78 is 0. The summed E-state index contributed by atoms with van der Waals surface area (Å²) in [5, 5.41) is 3.08. The van der Waals surface area contributed by atoms with Crippen LogP contribution in [0.1, 0.15) is 13.8 Å². The molecule has 0 aromatic carbocycles. The third-order valence-corrected chi connectivity index (χ3v) is 3.02. The van der Waals surface area contributed by atoms with Crippen LogP contribution in [0.4, 0.5) is 0 Å². The molecule has 0 aromatic heterocycles. The summed E-state index contributed by atoms with van der Waals surface area (Å²) in [6, 6.07) is 0.395. The molecule has 68 valence electrons. The maximum atomic E-state index is 5.25. The topological polar surface area (TPSA) is 15.3 Å². The monoisotopic (exact) mass is 184 g/mol. The minimum atomic E-state index is 0.0353. The van der Waals surface area contributed by atoms with E-state index in [2.05, 4.69) is 44.2 Å². The zero-order valence-electron chi connectivity index (χ0n) is 8.09. The first kappa shape index (κ1) is 9.68. The highest BCUT2D eigenvalue weighted by Gasteiger charge is 2.35. The maximum Gasteiger partial charge on any atom is 0.0868 e. The lowest BCUT2D eigenvalue weighted by molar-refractivity contribution is 0.233. The number of nitrogens with zero attached hydrogens (tertiary/aromatic N) is 1. The van der Waals surface area contributed by atoms with Gasteiger partial charge in [-0.25, -0.2) is 0 Å². The molecule has 1 aliphatic rings. The number of nitrogens with one attached hydrogen (secondary N) is 1. The van der Waals surface area contributed by atoms with Gasteiger partial charge in [-0.05, 0) is 20.3 Å². The fourth-order valence-electron chi connectivity index (χ4n) is 1.59. The molecular weight excluding hydrogens is 168 g/mol. The van der Waals surface area contributed by atoms with Gasteiger partial charge >= 0.3 is 0 Å². The Balaban J connectivity index is 2.92. The summed E-state index contributed by atoms with van der Waals surface area (Å²) >= 11 is 5.25. The van der Waals surface area contributed by atoms with E-state index in [0.717, 1.165) is 4.99 Å². The Morgan fingerprint density at radius 3 is 2.50 bits per heavy atom. The van der Waals surface area contributed by atoms with Gasteiger partial charge in [0, 0.05) is 11.5 Å². The second-order valence-electron chi connectivity index (χ2n) is 3.96. The Labute approximate surface area is 79.6 Å². The van der Waals surface area contributed by atoms with Gasteiger partial charge in [0.1, 0.15) is 0 Å². The van der Waals surface area contributed by atoms with Gasteiger partial charge < -0.3 is 10.2 Å². The largest absolute Gasteiger partial charge is 0.356 e. The molecule has 0 radical (unpaired) electrons. The predicted molar refractivity (Wildman–Crippen MR) is 56.1 cm³/mol. The molecule has 1 N–H and O–H groups in total. The number of thiocarbonyl (C=S) groups is 1. The van der Waals surface area contributed by atoms with Gasteiger partial charge in [-0.2, -0.15) is 0 Å². The van der Waals surface area contributed by atoms with E-state index < -0.39 is 0 Å². The normalized spacial score (nSPS) is 27.4. The van der Waals surface area contributed by atoms with Gasteiger partial charge in [-0.3, -0.25) is 0 Å². The second kappa shape index (κ2) is 3.15. The zero-order valence-corrected chi connectivity index (χ0v) is 8.90. The first-order valence-electron chi connectivity index (χ1n) is 4.10. The smallest absolute Gasteiger partial charge is 0.0868 e. The highest BCUT2D eigenvalue weighted by atomic mass is 32.1. The Bertz CT molecular complexity index is 219. The van der Waals surface area contributed by atoms with Crippen LogP contribution in [0, 0.1) is 5.41 Å². The average molecular weight is 184 g/mol. The van der Waals surface area contributed by atoms with Crippen molar-refractivity contribution in [3.05, 3.63) is 12.3 Å². The van der Waals surface area contributed by atoms with Crippen molar-refractivity contribution in [1.29, 1.82) is 0 Å². The standard InChI is InChI=1S/C9H16N2S/c1-9(2)7(11(3)4)5-6-10-8(9)12/h5-7H,1-4H3,(H,10,12). The van der Waals surface area contributed by atoms with E-state index >= 15 is 0 Å². The first-order chi connectivity index (χ1) is 5.46. The van der Waals surface area contributed by atoms with Gasteiger partial charge in [0.2, 0.25) is 0 Å². The highest BCUT2D eigenvalue weighted by molar-refractivity contribution is 7.80. The lowest BCUT2D eigenvalue weighted by Gasteiger charge is -2.39. The average Bonchev–Trinajstić information content (AvgIpc) is 1.94. The van der Waals surface area contributed by atoms with Crippen molar-refractivity contribution in [1.82, 2.24) is 10.2 Å². The summed E-state index contributed by atoms with van der Waals surface area (Å²) in [5.74, 6) is 0. The minimum absolute atomic E-state index is 0.0353. The first-order valence-corrected chi connectivity index (χ1v) is 4.51. The molecule has 12 heavy (non-hydrogen) atoms. The molecule has 0 aliphatic carbocycles. The van der Waals surface area contributed by atoms with Crippen LogP contribution in [0.2, 0.25) is 0 Å². The second-order valence-corrected chi connectivity index (χ2v) is 4.37. The molecule has 2 nitrogen and oxygen atoms in total. The summed E-state index contributed by atoms with van der Waals surface area (Å²) in [6.07, 6.45) is 4.08. The van der Waals surface area contributed by atoms with Crippen LogP contribution < -0.4 is 5.32 Å². The van der Waals surface area contributed by atoms with Crippen LogP contribution in [0.5, 0.6) is 0 Å². The minimum Gasteiger partial charge on any atom is -0.356 e. The van der Waals surface area contributed by atoms with Crippen LogP contribution in [0.15, 0.2) is 12.3 Å². The van der Waals surface area contributed by atoms with Crippen LogP contribution in [-0.2, 0) is 0 Å². The van der Waals surface area contributed by atoms with E-state index in [9.17, 15) is 0 Å². The van der Waals surface area contributed by atoms with Gasteiger partial charge in [0.05, 0.1) is 4.99 Å². The van der Waals surface area contributed by atoms with Gasteiger partial charge in [-0.1, -0.05) is 32.1 Å². The van der Waals surface area contributed by atoms with Crippen molar-refractivity contribution in [2.45, 2.75) is 19.9 Å². The highest BCUT2D eigenvalue weighted by Crippen LogP contribution is 2.28. The molecule has 1 rings (SSSR count). The van der Waals surface area contributed by atoms with Crippen molar-refractivity contribution in [3.8, 4) is 0 Å². The summed E-state index contributed by atoms with van der Waals surface area (Å²) in [7, 11) is 4.15. The van der Waals surface area contributed by atoms with Crippen molar-refractivity contribution in [3.63, 3.8) is 0 Å². The molecule has 0 amide bonds. The quantitative estimate of drug-likeness (QED) is 0.620. The number of likely N-dealkylation sites (N-methyl/N-ethyl adjacent to an activating group) is 1.